The van der Waals surface area contributed by atoms with Gasteiger partial charge in [-0.15, -0.1) is 12.6 Å². The summed E-state index contributed by atoms with van der Waals surface area (Å²) in [6.07, 6.45) is 3.47. The number of nitrogen functional groups attached to an aromatic ring is 1. The number of hydrogen-bond acceptors (Lipinski definition) is 3. The summed E-state index contributed by atoms with van der Waals surface area (Å²) in [5, 5.41) is 0. The number of nitrogens with zero attached hydrogens (tertiary/aromatic N) is 1. The van der Waals surface area contributed by atoms with Gasteiger partial charge in [0, 0.05) is 28.5 Å². The van der Waals surface area contributed by atoms with Crippen molar-refractivity contribution in [3.05, 3.63) is 30.6 Å². The van der Waals surface area contributed by atoms with Gasteiger partial charge in [0.1, 0.15) is 5.82 Å². The van der Waals surface area contributed by atoms with Crippen molar-refractivity contribution in [1.29, 1.82) is 0 Å². The van der Waals surface area contributed by atoms with Crippen LogP contribution in [-0.4, -0.2) is 9.97 Å². The Morgan fingerprint density at radius 2 is 2.23 bits per heavy atom. The van der Waals surface area contributed by atoms with Gasteiger partial charge in [-0.1, -0.05) is 0 Å². The predicted octanol–water partition coefficient (Wildman–Crippen LogP) is 1.95. The standard InChI is InChI=1S/C9H9N3S/c10-6-1-2-8(13)7(5-6)9-11-3-4-12-9/h1-5,13H,10H2,(H,11,12). The van der Waals surface area contributed by atoms with Crippen molar-refractivity contribution in [2.75, 3.05) is 5.73 Å². The molecule has 1 heterocycles. The highest BCUT2D eigenvalue weighted by atomic mass is 32.1. The van der Waals surface area contributed by atoms with E-state index in [2.05, 4.69) is 22.6 Å². The number of hydrogen-bond donors (Lipinski definition) is 3. The quantitative estimate of drug-likeness (QED) is 0.476. The molecule has 0 saturated carbocycles. The maximum Gasteiger partial charge on any atom is 0.138 e. The van der Waals surface area contributed by atoms with Crippen LogP contribution in [-0.2, 0) is 0 Å². The zero-order valence-electron chi connectivity index (χ0n) is 6.86. The van der Waals surface area contributed by atoms with Crippen molar-refractivity contribution in [3.8, 4) is 11.4 Å². The molecule has 2 aromatic rings. The number of thiol groups is 1. The van der Waals surface area contributed by atoms with Gasteiger partial charge in [-0.05, 0) is 18.2 Å². The van der Waals surface area contributed by atoms with Crippen molar-refractivity contribution in [2.45, 2.75) is 4.90 Å². The Kier molecular flexibility index (Phi) is 1.98. The molecule has 1 aromatic heterocycles. The van der Waals surface area contributed by atoms with E-state index in [9.17, 15) is 0 Å². The van der Waals surface area contributed by atoms with Gasteiger partial charge in [0.2, 0.25) is 0 Å². The predicted molar refractivity (Wildman–Crippen MR) is 55.7 cm³/mol. The molecule has 0 aliphatic carbocycles. The fraction of sp³-hybridized carbons (Fsp3) is 0. The number of anilines is 1. The van der Waals surface area contributed by atoms with Crippen LogP contribution in [0.4, 0.5) is 5.69 Å². The molecule has 0 bridgehead atoms. The second kappa shape index (κ2) is 3.14. The third-order valence-corrected chi connectivity index (χ3v) is 2.16. The van der Waals surface area contributed by atoms with Crippen LogP contribution in [0.3, 0.4) is 0 Å². The first kappa shape index (κ1) is 8.19. The highest BCUT2D eigenvalue weighted by Gasteiger charge is 2.04. The van der Waals surface area contributed by atoms with Crippen molar-refractivity contribution in [2.24, 2.45) is 0 Å². The van der Waals surface area contributed by atoms with Gasteiger partial charge in [-0.3, -0.25) is 0 Å². The van der Waals surface area contributed by atoms with Crippen LogP contribution in [0.1, 0.15) is 0 Å². The van der Waals surface area contributed by atoms with E-state index in [1.54, 1.807) is 12.4 Å². The van der Waals surface area contributed by atoms with Crippen LogP contribution >= 0.6 is 12.6 Å². The van der Waals surface area contributed by atoms with Crippen LogP contribution < -0.4 is 5.73 Å². The van der Waals surface area contributed by atoms with Gasteiger partial charge in [-0.25, -0.2) is 4.98 Å². The molecule has 0 spiro atoms. The number of benzene rings is 1. The number of aromatic nitrogens is 2. The molecule has 0 aliphatic rings. The average Bonchev–Trinajstić information content (AvgIpc) is 2.61. The summed E-state index contributed by atoms with van der Waals surface area (Å²) in [6, 6.07) is 5.52. The molecule has 0 fully saturated rings. The molecule has 3 nitrogen and oxygen atoms in total. The molecule has 0 atom stereocenters. The van der Waals surface area contributed by atoms with E-state index < -0.39 is 0 Å². The minimum Gasteiger partial charge on any atom is -0.399 e. The molecule has 0 radical (unpaired) electrons. The minimum absolute atomic E-state index is 0.712. The Hall–Kier alpha value is -1.42. The third-order valence-electron chi connectivity index (χ3n) is 1.77. The van der Waals surface area contributed by atoms with E-state index in [0.29, 0.717) is 5.69 Å². The summed E-state index contributed by atoms with van der Waals surface area (Å²) in [4.78, 5) is 8.00. The molecule has 3 N–H and O–H groups in total. The first-order chi connectivity index (χ1) is 6.27. The van der Waals surface area contributed by atoms with Crippen LogP contribution in [0.2, 0.25) is 0 Å². The Morgan fingerprint density at radius 1 is 1.38 bits per heavy atom. The lowest BCUT2D eigenvalue weighted by molar-refractivity contribution is 1.27. The van der Waals surface area contributed by atoms with Crippen molar-refractivity contribution < 1.29 is 0 Å². The number of imidazole rings is 1. The molecular weight excluding hydrogens is 182 g/mol. The van der Waals surface area contributed by atoms with Crippen molar-refractivity contribution in [3.63, 3.8) is 0 Å². The van der Waals surface area contributed by atoms with Crippen molar-refractivity contribution >= 4 is 18.3 Å². The smallest absolute Gasteiger partial charge is 0.138 e. The average molecular weight is 191 g/mol. The Labute approximate surface area is 81.4 Å². The molecule has 66 valence electrons. The van der Waals surface area contributed by atoms with Crippen LogP contribution in [0.25, 0.3) is 11.4 Å². The lowest BCUT2D eigenvalue weighted by Gasteiger charge is -2.02. The monoisotopic (exact) mass is 191 g/mol. The summed E-state index contributed by atoms with van der Waals surface area (Å²) in [5.41, 5.74) is 7.29. The van der Waals surface area contributed by atoms with E-state index >= 15 is 0 Å². The van der Waals surface area contributed by atoms with Gasteiger partial charge in [0.05, 0.1) is 0 Å². The maximum atomic E-state index is 5.66. The minimum atomic E-state index is 0.712. The van der Waals surface area contributed by atoms with Gasteiger partial charge in [0.25, 0.3) is 0 Å². The number of nitrogens with two attached hydrogens (primary N) is 1. The highest BCUT2D eigenvalue weighted by molar-refractivity contribution is 7.80. The lowest BCUT2D eigenvalue weighted by atomic mass is 10.2. The summed E-state index contributed by atoms with van der Waals surface area (Å²) in [5.74, 6) is 0.789. The molecule has 0 amide bonds. The largest absolute Gasteiger partial charge is 0.399 e. The first-order valence-corrected chi connectivity index (χ1v) is 4.30. The molecule has 1 aromatic carbocycles. The molecule has 0 aliphatic heterocycles. The topological polar surface area (TPSA) is 54.7 Å². The Bertz CT molecular complexity index is 409. The van der Waals surface area contributed by atoms with Gasteiger partial charge >= 0.3 is 0 Å². The first-order valence-electron chi connectivity index (χ1n) is 3.85. The Morgan fingerprint density at radius 3 is 2.92 bits per heavy atom. The summed E-state index contributed by atoms with van der Waals surface area (Å²) in [7, 11) is 0. The number of rotatable bonds is 1. The van der Waals surface area contributed by atoms with Crippen LogP contribution in [0.15, 0.2) is 35.5 Å². The lowest BCUT2D eigenvalue weighted by Crippen LogP contribution is -1.88. The molecule has 0 saturated heterocycles. The van der Waals surface area contributed by atoms with Gasteiger partial charge in [0.15, 0.2) is 0 Å². The van der Waals surface area contributed by atoms with E-state index in [1.807, 2.05) is 18.2 Å². The van der Waals surface area contributed by atoms with Gasteiger partial charge < -0.3 is 10.7 Å². The number of nitrogens with one attached hydrogen (secondary N) is 1. The number of aromatic amines is 1. The molecule has 13 heavy (non-hydrogen) atoms. The third kappa shape index (κ3) is 1.53. The summed E-state index contributed by atoms with van der Waals surface area (Å²) in [6.45, 7) is 0. The summed E-state index contributed by atoms with van der Waals surface area (Å²) < 4.78 is 0. The highest BCUT2D eigenvalue weighted by Crippen LogP contribution is 2.25. The fourth-order valence-electron chi connectivity index (χ4n) is 1.16. The SMILES string of the molecule is Nc1ccc(S)c(-c2ncc[nH]2)c1. The zero-order valence-corrected chi connectivity index (χ0v) is 7.75. The van der Waals surface area contributed by atoms with Crippen molar-refractivity contribution in [1.82, 2.24) is 9.97 Å². The molecule has 2 rings (SSSR count). The molecular formula is C9H9N3S. The Balaban J connectivity index is 2.57. The van der Waals surface area contributed by atoms with E-state index in [1.165, 1.54) is 0 Å². The second-order valence-corrected chi connectivity index (χ2v) is 3.20. The van der Waals surface area contributed by atoms with E-state index in [0.717, 1.165) is 16.3 Å². The molecule has 4 heteroatoms. The van der Waals surface area contributed by atoms with E-state index in [-0.39, 0.29) is 0 Å². The van der Waals surface area contributed by atoms with Crippen LogP contribution in [0, 0.1) is 0 Å². The second-order valence-electron chi connectivity index (χ2n) is 2.71. The van der Waals surface area contributed by atoms with Crippen LogP contribution in [0.5, 0.6) is 0 Å². The normalized spacial score (nSPS) is 10.2. The van der Waals surface area contributed by atoms with Gasteiger partial charge in [-0.2, -0.15) is 0 Å². The molecule has 0 unspecified atom stereocenters. The fourth-order valence-corrected chi connectivity index (χ4v) is 1.40. The van der Waals surface area contributed by atoms with E-state index in [4.69, 9.17) is 5.73 Å². The summed E-state index contributed by atoms with van der Waals surface area (Å²) >= 11 is 4.32. The maximum absolute atomic E-state index is 5.66. The number of H-pyrrole nitrogens is 1. The zero-order chi connectivity index (χ0) is 9.26.